The lowest BCUT2D eigenvalue weighted by atomic mass is 9.98. The summed E-state index contributed by atoms with van der Waals surface area (Å²) in [4.78, 5) is 37.3. The van der Waals surface area contributed by atoms with Crippen LogP contribution in [0.25, 0.3) is 10.8 Å². The molecule has 7 nitrogen and oxygen atoms in total. The summed E-state index contributed by atoms with van der Waals surface area (Å²) in [6.07, 6.45) is 5.34. The van der Waals surface area contributed by atoms with E-state index in [1.54, 1.807) is 12.1 Å². The Bertz CT molecular complexity index is 1170. The summed E-state index contributed by atoms with van der Waals surface area (Å²) in [6, 6.07) is 17.0. The van der Waals surface area contributed by atoms with Crippen LogP contribution in [0.5, 0.6) is 0 Å². The molecule has 0 radical (unpaired) electrons. The molecule has 3 N–H and O–H groups in total. The average molecular weight is 463 g/mol. The maximum absolute atomic E-state index is 12.8. The highest BCUT2D eigenvalue weighted by atomic mass is 16.4. The van der Waals surface area contributed by atoms with Crippen molar-refractivity contribution in [2.75, 3.05) is 18.0 Å². The smallest absolute Gasteiger partial charge is 0.395 e. The minimum Gasteiger partial charge on any atom is -0.478 e. The van der Waals surface area contributed by atoms with Gasteiger partial charge in [-0.3, -0.25) is 9.69 Å². The molecule has 3 aromatic rings. The Hall–Kier alpha value is -3.71. The number of aliphatic carboxylic acids is 1. The molecule has 0 spiro atoms. The van der Waals surface area contributed by atoms with Crippen molar-refractivity contribution in [3.8, 4) is 0 Å². The maximum atomic E-state index is 12.8. The highest BCUT2D eigenvalue weighted by Crippen LogP contribution is 2.36. The van der Waals surface area contributed by atoms with E-state index in [9.17, 15) is 24.6 Å². The van der Waals surface area contributed by atoms with Gasteiger partial charge in [0.2, 0.25) is 0 Å². The molecule has 0 bridgehead atoms. The number of carbonyl (C=O) groups is 3. The first kappa shape index (κ1) is 24.9. The fraction of sp³-hybridized carbons (Fsp3) is 0.296. The predicted octanol–water partition coefficient (Wildman–Crippen LogP) is 5.00. The summed E-state index contributed by atoms with van der Waals surface area (Å²) in [5.41, 5.74) is 1.28. The van der Waals surface area contributed by atoms with Gasteiger partial charge in [-0.2, -0.15) is 0 Å². The predicted molar refractivity (Wildman–Crippen MR) is 133 cm³/mol. The second kappa shape index (κ2) is 12.0. The van der Waals surface area contributed by atoms with E-state index in [1.807, 2.05) is 30.3 Å². The largest absolute Gasteiger partial charge is 0.478 e. The standard InChI is InChI=1S/C27H30N2O5/c1-2-3-8-17-28-18-9-10-19-15-16-24(21-12-5-4-11-20(19)21)29(25(30)27(33)34)23-14-7-6-13-22(23)26(31)32/h4-7,11-16,28H,2-3,8-10,17-18H2,1H3,(H,31,32)(H,33,34). The van der Waals surface area contributed by atoms with E-state index in [1.165, 1.54) is 37.5 Å². The number of aromatic carboxylic acids is 1. The summed E-state index contributed by atoms with van der Waals surface area (Å²) < 4.78 is 0. The van der Waals surface area contributed by atoms with E-state index in [4.69, 9.17) is 0 Å². The van der Waals surface area contributed by atoms with E-state index < -0.39 is 17.8 Å². The van der Waals surface area contributed by atoms with Gasteiger partial charge in [-0.1, -0.05) is 62.2 Å². The van der Waals surface area contributed by atoms with Gasteiger partial charge in [0.15, 0.2) is 0 Å². The molecule has 0 aliphatic carbocycles. The fourth-order valence-corrected chi connectivity index (χ4v) is 4.08. The summed E-state index contributed by atoms with van der Waals surface area (Å²) in [5.74, 6) is -4.13. The molecule has 178 valence electrons. The third kappa shape index (κ3) is 5.80. The molecule has 0 saturated carbocycles. The van der Waals surface area contributed by atoms with Crippen molar-refractivity contribution in [2.24, 2.45) is 0 Å². The van der Waals surface area contributed by atoms with Crippen molar-refractivity contribution in [1.82, 2.24) is 5.32 Å². The number of unbranched alkanes of at least 4 members (excludes halogenated alkanes) is 2. The van der Waals surface area contributed by atoms with Gasteiger partial charge in [0.05, 0.1) is 16.9 Å². The first-order valence-corrected chi connectivity index (χ1v) is 11.6. The number of hydrogen-bond acceptors (Lipinski definition) is 4. The Balaban J connectivity index is 1.97. The topological polar surface area (TPSA) is 107 Å². The van der Waals surface area contributed by atoms with E-state index in [2.05, 4.69) is 12.2 Å². The van der Waals surface area contributed by atoms with E-state index in [0.717, 1.165) is 41.8 Å². The lowest BCUT2D eigenvalue weighted by Gasteiger charge is -2.25. The molecule has 34 heavy (non-hydrogen) atoms. The molecule has 0 aliphatic heterocycles. The molecule has 0 unspecified atom stereocenters. The fourth-order valence-electron chi connectivity index (χ4n) is 4.08. The number of rotatable bonds is 11. The molecule has 0 fully saturated rings. The number of carboxylic acid groups (broad SMARTS) is 2. The van der Waals surface area contributed by atoms with Crippen LogP contribution in [0.1, 0.15) is 48.5 Å². The van der Waals surface area contributed by atoms with Crippen LogP contribution in [0.4, 0.5) is 11.4 Å². The normalized spacial score (nSPS) is 10.9. The molecule has 0 aromatic heterocycles. The molecule has 1 amide bonds. The second-order valence-corrected chi connectivity index (χ2v) is 8.12. The monoisotopic (exact) mass is 462 g/mol. The number of hydrogen-bond donors (Lipinski definition) is 3. The van der Waals surface area contributed by atoms with Crippen molar-refractivity contribution in [1.29, 1.82) is 0 Å². The van der Waals surface area contributed by atoms with Crippen LogP contribution >= 0.6 is 0 Å². The molecule has 7 heteroatoms. The lowest BCUT2D eigenvalue weighted by Crippen LogP contribution is -2.33. The first-order valence-electron chi connectivity index (χ1n) is 11.6. The van der Waals surface area contributed by atoms with Gasteiger partial charge in [0.1, 0.15) is 0 Å². The molecule has 0 heterocycles. The van der Waals surface area contributed by atoms with Gasteiger partial charge in [0.25, 0.3) is 0 Å². The van der Waals surface area contributed by atoms with Gasteiger partial charge in [-0.25, -0.2) is 9.59 Å². The zero-order valence-electron chi connectivity index (χ0n) is 19.3. The van der Waals surface area contributed by atoms with Gasteiger partial charge in [-0.15, -0.1) is 0 Å². The van der Waals surface area contributed by atoms with Crippen molar-refractivity contribution >= 4 is 40.0 Å². The van der Waals surface area contributed by atoms with E-state index in [0.29, 0.717) is 11.1 Å². The SMILES string of the molecule is CCCCCNCCCc1ccc(N(C(=O)C(=O)O)c2ccccc2C(=O)O)c2ccccc12. The van der Waals surface area contributed by atoms with Crippen LogP contribution in [-0.4, -0.2) is 41.1 Å². The van der Waals surface area contributed by atoms with Gasteiger partial charge < -0.3 is 15.5 Å². The van der Waals surface area contributed by atoms with Crippen LogP contribution in [0.15, 0.2) is 60.7 Å². The number of aryl methyl sites for hydroxylation is 1. The number of amides is 1. The Morgan fingerprint density at radius 1 is 0.794 bits per heavy atom. The number of carbonyl (C=O) groups excluding carboxylic acids is 1. The van der Waals surface area contributed by atoms with Crippen LogP contribution in [0.3, 0.4) is 0 Å². The number of nitrogens with one attached hydrogen (secondary N) is 1. The van der Waals surface area contributed by atoms with Gasteiger partial charge >= 0.3 is 17.8 Å². The first-order chi connectivity index (χ1) is 16.5. The lowest BCUT2D eigenvalue weighted by molar-refractivity contribution is -0.148. The van der Waals surface area contributed by atoms with Crippen molar-refractivity contribution in [2.45, 2.75) is 39.0 Å². The number of para-hydroxylation sites is 1. The molecular formula is C27H30N2O5. The quantitative estimate of drug-likeness (QED) is 0.273. The molecule has 0 atom stereocenters. The summed E-state index contributed by atoms with van der Waals surface area (Å²) >= 11 is 0. The average Bonchev–Trinajstić information content (AvgIpc) is 2.84. The van der Waals surface area contributed by atoms with E-state index >= 15 is 0 Å². The minimum atomic E-state index is -1.66. The summed E-state index contributed by atoms with van der Waals surface area (Å²) in [5, 5.41) is 24.2. The van der Waals surface area contributed by atoms with E-state index in [-0.39, 0.29) is 11.3 Å². The number of anilines is 2. The van der Waals surface area contributed by atoms with Crippen LogP contribution in [0.2, 0.25) is 0 Å². The third-order valence-corrected chi connectivity index (χ3v) is 5.75. The number of fused-ring (bicyclic) bond motifs is 1. The molecule has 3 rings (SSSR count). The summed E-state index contributed by atoms with van der Waals surface area (Å²) in [7, 11) is 0. The van der Waals surface area contributed by atoms with Crippen LogP contribution in [0, 0.1) is 0 Å². The van der Waals surface area contributed by atoms with Crippen LogP contribution < -0.4 is 10.2 Å². The Kier molecular flexibility index (Phi) is 8.76. The zero-order chi connectivity index (χ0) is 24.5. The molecule has 0 aliphatic rings. The third-order valence-electron chi connectivity index (χ3n) is 5.75. The number of benzene rings is 3. The maximum Gasteiger partial charge on any atom is 0.395 e. The highest BCUT2D eigenvalue weighted by Gasteiger charge is 2.29. The number of carboxylic acids is 2. The second-order valence-electron chi connectivity index (χ2n) is 8.12. The molecular weight excluding hydrogens is 432 g/mol. The molecule has 3 aromatic carbocycles. The van der Waals surface area contributed by atoms with Crippen LogP contribution in [-0.2, 0) is 16.0 Å². The molecule has 0 saturated heterocycles. The number of nitrogens with zero attached hydrogens (tertiary/aromatic N) is 1. The van der Waals surface area contributed by atoms with Crippen molar-refractivity contribution < 1.29 is 24.6 Å². The Morgan fingerprint density at radius 2 is 1.47 bits per heavy atom. The van der Waals surface area contributed by atoms with Gasteiger partial charge in [-0.05, 0) is 61.5 Å². The summed E-state index contributed by atoms with van der Waals surface area (Å²) in [6.45, 7) is 4.08. The van der Waals surface area contributed by atoms with Crippen molar-refractivity contribution in [3.05, 3.63) is 71.8 Å². The minimum absolute atomic E-state index is 0.0107. The Morgan fingerprint density at radius 3 is 2.18 bits per heavy atom. The zero-order valence-corrected chi connectivity index (χ0v) is 19.3. The van der Waals surface area contributed by atoms with Gasteiger partial charge in [0, 0.05) is 5.39 Å². The highest BCUT2D eigenvalue weighted by molar-refractivity contribution is 6.40. The Labute approximate surface area is 199 Å². The van der Waals surface area contributed by atoms with Crippen molar-refractivity contribution in [3.63, 3.8) is 0 Å².